The SMILES string of the molecule is CCN(CC(=O)Nc1c(F)cccc1F)C(=O)c1csc(CCN)n1.Cl. The van der Waals surface area contributed by atoms with Crippen LogP contribution in [0, 0.1) is 11.6 Å². The minimum absolute atomic E-state index is 0. The molecule has 0 aliphatic rings. The first kappa shape index (κ1) is 21.9. The summed E-state index contributed by atoms with van der Waals surface area (Å²) in [4.78, 5) is 29.9. The highest BCUT2D eigenvalue weighted by Crippen LogP contribution is 2.18. The minimum Gasteiger partial charge on any atom is -0.330 e. The van der Waals surface area contributed by atoms with Gasteiger partial charge in [0.25, 0.3) is 5.91 Å². The summed E-state index contributed by atoms with van der Waals surface area (Å²) in [5.41, 5.74) is 5.14. The average molecular weight is 405 g/mol. The van der Waals surface area contributed by atoms with E-state index >= 15 is 0 Å². The molecule has 142 valence electrons. The van der Waals surface area contributed by atoms with Crippen LogP contribution in [0.5, 0.6) is 0 Å². The number of thiazole rings is 1. The first-order valence-corrected chi connectivity index (χ1v) is 8.51. The smallest absolute Gasteiger partial charge is 0.273 e. The topological polar surface area (TPSA) is 88.3 Å². The number of carbonyl (C=O) groups is 2. The van der Waals surface area contributed by atoms with Gasteiger partial charge in [-0.25, -0.2) is 13.8 Å². The second-order valence-electron chi connectivity index (χ2n) is 5.13. The molecule has 1 aromatic heterocycles. The summed E-state index contributed by atoms with van der Waals surface area (Å²) >= 11 is 1.32. The summed E-state index contributed by atoms with van der Waals surface area (Å²) in [7, 11) is 0. The van der Waals surface area contributed by atoms with Crippen molar-refractivity contribution < 1.29 is 18.4 Å². The van der Waals surface area contributed by atoms with Crippen molar-refractivity contribution in [3.05, 3.63) is 45.9 Å². The lowest BCUT2D eigenvalue weighted by molar-refractivity contribution is -0.116. The number of hydrogen-bond acceptors (Lipinski definition) is 5. The molecule has 1 heterocycles. The van der Waals surface area contributed by atoms with Crippen LogP contribution in [0.15, 0.2) is 23.6 Å². The number of para-hydroxylation sites is 1. The summed E-state index contributed by atoms with van der Waals surface area (Å²) in [6.45, 7) is 2.03. The van der Waals surface area contributed by atoms with Crippen LogP contribution in [-0.4, -0.2) is 41.3 Å². The third kappa shape index (κ3) is 5.45. The fourth-order valence-corrected chi connectivity index (χ4v) is 2.89. The second kappa shape index (κ2) is 10.1. The van der Waals surface area contributed by atoms with Crippen molar-refractivity contribution in [3.63, 3.8) is 0 Å². The molecule has 0 spiro atoms. The lowest BCUT2D eigenvalue weighted by Gasteiger charge is -2.19. The number of carbonyl (C=O) groups excluding carboxylic acids is 2. The van der Waals surface area contributed by atoms with E-state index in [4.69, 9.17) is 5.73 Å². The van der Waals surface area contributed by atoms with E-state index in [0.29, 0.717) is 13.0 Å². The highest BCUT2D eigenvalue weighted by molar-refractivity contribution is 7.09. The van der Waals surface area contributed by atoms with E-state index in [0.717, 1.165) is 17.1 Å². The Kier molecular flexibility index (Phi) is 8.56. The molecule has 2 rings (SSSR count). The first-order valence-electron chi connectivity index (χ1n) is 7.63. The summed E-state index contributed by atoms with van der Waals surface area (Å²) in [6.07, 6.45) is 0.567. The Bertz CT molecular complexity index is 752. The molecule has 1 aromatic carbocycles. The predicted molar refractivity (Wildman–Crippen MR) is 98.7 cm³/mol. The molecule has 0 saturated carbocycles. The predicted octanol–water partition coefficient (Wildman–Crippen LogP) is 2.45. The van der Waals surface area contributed by atoms with Crippen LogP contribution in [0.1, 0.15) is 22.4 Å². The van der Waals surface area contributed by atoms with Gasteiger partial charge >= 0.3 is 0 Å². The largest absolute Gasteiger partial charge is 0.330 e. The number of hydrogen-bond donors (Lipinski definition) is 2. The summed E-state index contributed by atoms with van der Waals surface area (Å²) in [5, 5.41) is 4.50. The molecule has 0 bridgehead atoms. The lowest BCUT2D eigenvalue weighted by Crippen LogP contribution is -2.38. The molecule has 6 nitrogen and oxygen atoms in total. The van der Waals surface area contributed by atoms with Gasteiger partial charge in [0.05, 0.1) is 5.01 Å². The van der Waals surface area contributed by atoms with E-state index in [9.17, 15) is 18.4 Å². The fraction of sp³-hybridized carbons (Fsp3) is 0.312. The number of nitrogens with zero attached hydrogens (tertiary/aromatic N) is 2. The van der Waals surface area contributed by atoms with Crippen LogP contribution >= 0.6 is 23.7 Å². The molecule has 2 amide bonds. The van der Waals surface area contributed by atoms with Gasteiger partial charge in [0.2, 0.25) is 5.91 Å². The van der Waals surface area contributed by atoms with E-state index in [1.54, 1.807) is 12.3 Å². The number of amides is 2. The maximum Gasteiger partial charge on any atom is 0.273 e. The van der Waals surface area contributed by atoms with Gasteiger partial charge in [-0.05, 0) is 25.6 Å². The third-order valence-electron chi connectivity index (χ3n) is 3.36. The van der Waals surface area contributed by atoms with Gasteiger partial charge in [-0.3, -0.25) is 9.59 Å². The monoisotopic (exact) mass is 404 g/mol. The second-order valence-corrected chi connectivity index (χ2v) is 6.07. The molecule has 0 radical (unpaired) electrons. The van der Waals surface area contributed by atoms with Crippen molar-refractivity contribution in [2.75, 3.05) is 25.0 Å². The maximum absolute atomic E-state index is 13.6. The number of nitrogens with one attached hydrogen (secondary N) is 1. The molecule has 3 N–H and O–H groups in total. The highest BCUT2D eigenvalue weighted by atomic mass is 35.5. The molecule has 0 unspecified atom stereocenters. The Morgan fingerprint density at radius 2 is 1.96 bits per heavy atom. The molecular weight excluding hydrogens is 386 g/mol. The van der Waals surface area contributed by atoms with E-state index in [-0.39, 0.29) is 31.2 Å². The van der Waals surface area contributed by atoms with Gasteiger partial charge in [0.1, 0.15) is 29.6 Å². The van der Waals surface area contributed by atoms with Gasteiger partial charge in [-0.2, -0.15) is 0 Å². The van der Waals surface area contributed by atoms with Crippen LogP contribution in [0.3, 0.4) is 0 Å². The zero-order valence-corrected chi connectivity index (χ0v) is 15.6. The van der Waals surface area contributed by atoms with Crippen LogP contribution in [0.4, 0.5) is 14.5 Å². The Balaban J connectivity index is 0.00000338. The molecule has 2 aromatic rings. The molecule has 10 heteroatoms. The Hall–Kier alpha value is -2.10. The summed E-state index contributed by atoms with van der Waals surface area (Å²) < 4.78 is 27.1. The van der Waals surface area contributed by atoms with Gasteiger partial charge in [0.15, 0.2) is 0 Å². The number of nitrogens with two attached hydrogens (primary N) is 1. The highest BCUT2D eigenvalue weighted by Gasteiger charge is 2.21. The number of likely N-dealkylation sites (N-methyl/N-ethyl adjacent to an activating group) is 1. The standard InChI is InChI=1S/C16H18F2N4O2S.ClH/c1-2-22(16(24)12-9-25-14(20-12)6-7-19)8-13(23)21-15-10(17)4-3-5-11(15)18;/h3-5,9H,2,6-8,19H2,1H3,(H,21,23);1H. The summed E-state index contributed by atoms with van der Waals surface area (Å²) in [5.74, 6) is -2.88. The van der Waals surface area contributed by atoms with Gasteiger partial charge in [0, 0.05) is 18.3 Å². The van der Waals surface area contributed by atoms with Crippen molar-refractivity contribution in [1.82, 2.24) is 9.88 Å². The maximum atomic E-state index is 13.6. The molecular formula is C16H19ClF2N4O2S. The zero-order chi connectivity index (χ0) is 18.4. The van der Waals surface area contributed by atoms with E-state index in [1.807, 2.05) is 0 Å². The molecule has 0 aliphatic carbocycles. The normalized spacial score (nSPS) is 10.2. The van der Waals surface area contributed by atoms with Crippen LogP contribution < -0.4 is 11.1 Å². The summed E-state index contributed by atoms with van der Waals surface area (Å²) in [6, 6.07) is 3.27. The third-order valence-corrected chi connectivity index (χ3v) is 4.27. The minimum atomic E-state index is -0.881. The number of halogens is 3. The number of benzene rings is 1. The van der Waals surface area contributed by atoms with Crippen molar-refractivity contribution >= 4 is 41.2 Å². The van der Waals surface area contributed by atoms with Crippen LogP contribution in [-0.2, 0) is 11.2 Å². The van der Waals surface area contributed by atoms with Gasteiger partial charge < -0.3 is 16.0 Å². The number of aromatic nitrogens is 1. The molecule has 0 fully saturated rings. The van der Waals surface area contributed by atoms with Gasteiger partial charge in [-0.15, -0.1) is 23.7 Å². The molecule has 0 saturated heterocycles. The Labute approximate surface area is 159 Å². The quantitative estimate of drug-likeness (QED) is 0.741. The van der Waals surface area contributed by atoms with E-state index in [2.05, 4.69) is 10.3 Å². The number of rotatable bonds is 7. The average Bonchev–Trinajstić information content (AvgIpc) is 3.04. The molecule has 26 heavy (non-hydrogen) atoms. The van der Waals surface area contributed by atoms with Crippen LogP contribution in [0.25, 0.3) is 0 Å². The Morgan fingerprint density at radius 3 is 2.54 bits per heavy atom. The zero-order valence-electron chi connectivity index (χ0n) is 14.0. The lowest BCUT2D eigenvalue weighted by atomic mass is 10.3. The molecule has 0 atom stereocenters. The Morgan fingerprint density at radius 1 is 1.31 bits per heavy atom. The van der Waals surface area contributed by atoms with Crippen molar-refractivity contribution in [3.8, 4) is 0 Å². The van der Waals surface area contributed by atoms with Gasteiger partial charge in [-0.1, -0.05) is 6.07 Å². The van der Waals surface area contributed by atoms with Crippen molar-refractivity contribution in [2.45, 2.75) is 13.3 Å². The fourth-order valence-electron chi connectivity index (χ4n) is 2.11. The first-order chi connectivity index (χ1) is 12.0. The van der Waals surface area contributed by atoms with E-state index in [1.165, 1.54) is 22.3 Å². The van der Waals surface area contributed by atoms with Crippen LogP contribution in [0.2, 0.25) is 0 Å². The molecule has 0 aliphatic heterocycles. The number of anilines is 1. The van der Waals surface area contributed by atoms with Crippen molar-refractivity contribution in [2.24, 2.45) is 5.73 Å². The van der Waals surface area contributed by atoms with E-state index < -0.39 is 29.1 Å². The van der Waals surface area contributed by atoms with Crippen molar-refractivity contribution in [1.29, 1.82) is 0 Å².